The summed E-state index contributed by atoms with van der Waals surface area (Å²) in [4.78, 5) is 15.7. The fraction of sp³-hybridized carbons (Fsp3) is 0.857. The smallest absolute Gasteiger partial charge is 0.234 e. The Bertz CT molecular complexity index is 229. The maximum Gasteiger partial charge on any atom is 0.234 e. The molecular weight excluding hydrogens is 170 g/mol. The topological polar surface area (TPSA) is 81.1 Å². The number of rotatable bonds is 4. The zero-order chi connectivity index (χ0) is 9.68. The molecule has 0 saturated carbocycles. The Morgan fingerprint density at radius 1 is 1.77 bits per heavy atom. The van der Waals surface area contributed by atoms with Gasteiger partial charge in [-0.15, -0.1) is 0 Å². The first kappa shape index (κ1) is 9.83. The van der Waals surface area contributed by atoms with Gasteiger partial charge in [0.2, 0.25) is 5.91 Å². The molecule has 1 aliphatic rings. The standard InChI is InChI=1S/C7H13N5O/c1-2-9-7(13)5-12-3-6(4-12)10-11-8/h6H,2-5H2,1H3,(H,9,13). The molecule has 6 nitrogen and oxygen atoms in total. The second kappa shape index (κ2) is 4.69. The quantitative estimate of drug-likeness (QED) is 0.381. The summed E-state index contributed by atoms with van der Waals surface area (Å²) in [6.07, 6.45) is 0. The maximum atomic E-state index is 11.1. The molecule has 0 aliphatic carbocycles. The molecule has 72 valence electrons. The molecule has 1 rings (SSSR count). The fourth-order valence-electron chi connectivity index (χ4n) is 1.27. The van der Waals surface area contributed by atoms with E-state index in [9.17, 15) is 4.79 Å². The van der Waals surface area contributed by atoms with Crippen molar-refractivity contribution in [2.45, 2.75) is 13.0 Å². The number of hydrogen-bond donors (Lipinski definition) is 1. The number of azide groups is 1. The van der Waals surface area contributed by atoms with Crippen LogP contribution in [-0.4, -0.2) is 43.0 Å². The molecule has 0 aromatic carbocycles. The minimum atomic E-state index is 0.0295. The lowest BCUT2D eigenvalue weighted by atomic mass is 10.1. The van der Waals surface area contributed by atoms with Crippen molar-refractivity contribution in [3.05, 3.63) is 10.4 Å². The van der Waals surface area contributed by atoms with Gasteiger partial charge in [0, 0.05) is 24.5 Å². The first-order chi connectivity index (χ1) is 6.26. The number of hydrogen-bond acceptors (Lipinski definition) is 3. The van der Waals surface area contributed by atoms with Gasteiger partial charge in [-0.1, -0.05) is 5.11 Å². The van der Waals surface area contributed by atoms with Crippen LogP contribution in [0, 0.1) is 0 Å². The highest BCUT2D eigenvalue weighted by Crippen LogP contribution is 2.10. The lowest BCUT2D eigenvalue weighted by Gasteiger charge is -2.35. The summed E-state index contributed by atoms with van der Waals surface area (Å²) in [5.74, 6) is 0.0295. The number of nitrogens with one attached hydrogen (secondary N) is 1. The summed E-state index contributed by atoms with van der Waals surface area (Å²) < 4.78 is 0. The normalized spacial score (nSPS) is 17.3. The Balaban J connectivity index is 2.14. The Hall–Kier alpha value is -1.26. The Morgan fingerprint density at radius 2 is 2.46 bits per heavy atom. The van der Waals surface area contributed by atoms with E-state index in [1.165, 1.54) is 0 Å². The second-order valence-corrected chi connectivity index (χ2v) is 3.01. The van der Waals surface area contributed by atoms with Crippen molar-refractivity contribution in [2.75, 3.05) is 26.2 Å². The summed E-state index contributed by atoms with van der Waals surface area (Å²) in [7, 11) is 0. The zero-order valence-electron chi connectivity index (χ0n) is 7.60. The van der Waals surface area contributed by atoms with Gasteiger partial charge in [-0.25, -0.2) is 0 Å². The lowest BCUT2D eigenvalue weighted by Crippen LogP contribution is -2.53. The van der Waals surface area contributed by atoms with Crippen molar-refractivity contribution in [2.24, 2.45) is 5.11 Å². The molecule has 0 unspecified atom stereocenters. The molecule has 0 aromatic rings. The van der Waals surface area contributed by atoms with Gasteiger partial charge in [0.25, 0.3) is 0 Å². The van der Waals surface area contributed by atoms with Crippen LogP contribution >= 0.6 is 0 Å². The molecule has 0 atom stereocenters. The third-order valence-electron chi connectivity index (χ3n) is 1.89. The van der Waals surface area contributed by atoms with E-state index in [1.807, 2.05) is 11.8 Å². The van der Waals surface area contributed by atoms with E-state index in [4.69, 9.17) is 5.53 Å². The Labute approximate surface area is 76.5 Å². The highest BCUT2D eigenvalue weighted by molar-refractivity contribution is 5.78. The van der Waals surface area contributed by atoms with Crippen molar-refractivity contribution in [1.29, 1.82) is 0 Å². The van der Waals surface area contributed by atoms with E-state index in [1.54, 1.807) is 0 Å². The molecule has 1 fully saturated rings. The number of nitrogens with zero attached hydrogens (tertiary/aromatic N) is 4. The summed E-state index contributed by atoms with van der Waals surface area (Å²) >= 11 is 0. The third kappa shape index (κ3) is 2.93. The third-order valence-corrected chi connectivity index (χ3v) is 1.89. The minimum absolute atomic E-state index is 0.0295. The van der Waals surface area contributed by atoms with Crippen LogP contribution in [0.4, 0.5) is 0 Å². The molecule has 0 bridgehead atoms. The van der Waals surface area contributed by atoms with E-state index >= 15 is 0 Å². The predicted octanol–water partition coefficient (Wildman–Crippen LogP) is 0.117. The van der Waals surface area contributed by atoms with Crippen LogP contribution in [0.3, 0.4) is 0 Å². The average Bonchev–Trinajstić information content (AvgIpc) is 2.01. The van der Waals surface area contributed by atoms with Crippen LogP contribution in [0.1, 0.15) is 6.92 Å². The largest absolute Gasteiger partial charge is 0.355 e. The minimum Gasteiger partial charge on any atom is -0.355 e. The first-order valence-corrected chi connectivity index (χ1v) is 4.29. The highest BCUT2D eigenvalue weighted by atomic mass is 16.2. The van der Waals surface area contributed by atoms with Gasteiger partial charge in [0.05, 0.1) is 12.6 Å². The van der Waals surface area contributed by atoms with Crippen LogP contribution in [0.15, 0.2) is 5.11 Å². The summed E-state index contributed by atoms with van der Waals surface area (Å²) in [6, 6.07) is 0.0550. The number of likely N-dealkylation sites (tertiary alicyclic amines) is 1. The van der Waals surface area contributed by atoms with Gasteiger partial charge < -0.3 is 5.32 Å². The van der Waals surface area contributed by atoms with Gasteiger partial charge in [-0.3, -0.25) is 9.69 Å². The first-order valence-electron chi connectivity index (χ1n) is 4.29. The fourth-order valence-corrected chi connectivity index (χ4v) is 1.27. The van der Waals surface area contributed by atoms with Crippen LogP contribution in [0.25, 0.3) is 10.4 Å². The van der Waals surface area contributed by atoms with Crippen molar-refractivity contribution in [3.63, 3.8) is 0 Å². The van der Waals surface area contributed by atoms with Gasteiger partial charge in [0.1, 0.15) is 0 Å². The van der Waals surface area contributed by atoms with Crippen molar-refractivity contribution in [1.82, 2.24) is 10.2 Å². The van der Waals surface area contributed by atoms with E-state index in [0.717, 1.165) is 0 Å². The van der Waals surface area contributed by atoms with Crippen molar-refractivity contribution >= 4 is 5.91 Å². The number of likely N-dealkylation sites (N-methyl/N-ethyl adjacent to an activating group) is 1. The molecule has 1 amide bonds. The van der Waals surface area contributed by atoms with Gasteiger partial charge in [-0.05, 0) is 12.5 Å². The molecule has 0 aromatic heterocycles. The molecule has 1 saturated heterocycles. The van der Waals surface area contributed by atoms with E-state index in [0.29, 0.717) is 26.2 Å². The summed E-state index contributed by atoms with van der Waals surface area (Å²) in [6.45, 7) is 4.34. The molecule has 1 N–H and O–H groups in total. The van der Waals surface area contributed by atoms with E-state index in [2.05, 4.69) is 15.3 Å². The van der Waals surface area contributed by atoms with Crippen LogP contribution in [0.5, 0.6) is 0 Å². The maximum absolute atomic E-state index is 11.1. The predicted molar refractivity (Wildman–Crippen MR) is 48.1 cm³/mol. The molecule has 0 spiro atoms. The molecule has 6 heteroatoms. The SMILES string of the molecule is CCNC(=O)CN1CC(N=[N+]=[N-])C1. The number of carbonyl (C=O) groups excluding carboxylic acids is 1. The molecule has 1 aliphatic heterocycles. The molecular formula is C7H13N5O. The monoisotopic (exact) mass is 183 g/mol. The molecule has 0 radical (unpaired) electrons. The summed E-state index contributed by atoms with van der Waals surface area (Å²) in [5.41, 5.74) is 8.11. The second-order valence-electron chi connectivity index (χ2n) is 3.01. The van der Waals surface area contributed by atoms with Gasteiger partial charge in [0.15, 0.2) is 0 Å². The van der Waals surface area contributed by atoms with Gasteiger partial charge >= 0.3 is 0 Å². The molecule has 13 heavy (non-hydrogen) atoms. The van der Waals surface area contributed by atoms with E-state index < -0.39 is 0 Å². The van der Waals surface area contributed by atoms with Crippen molar-refractivity contribution < 1.29 is 4.79 Å². The van der Waals surface area contributed by atoms with Crippen molar-refractivity contribution in [3.8, 4) is 0 Å². The molecule has 1 heterocycles. The van der Waals surface area contributed by atoms with Gasteiger partial charge in [-0.2, -0.15) is 0 Å². The van der Waals surface area contributed by atoms with Crippen LogP contribution < -0.4 is 5.32 Å². The van der Waals surface area contributed by atoms with Crippen LogP contribution in [-0.2, 0) is 4.79 Å². The Kier molecular flexibility index (Phi) is 3.54. The van der Waals surface area contributed by atoms with E-state index in [-0.39, 0.29) is 11.9 Å². The highest BCUT2D eigenvalue weighted by Gasteiger charge is 2.26. The Morgan fingerprint density at radius 3 is 3.00 bits per heavy atom. The van der Waals surface area contributed by atoms with Crippen LogP contribution in [0.2, 0.25) is 0 Å². The summed E-state index contributed by atoms with van der Waals surface area (Å²) in [5, 5.41) is 6.25. The zero-order valence-corrected chi connectivity index (χ0v) is 7.60. The lowest BCUT2D eigenvalue weighted by molar-refractivity contribution is -0.123. The average molecular weight is 183 g/mol. The number of amides is 1. The number of carbonyl (C=O) groups is 1.